The smallest absolute Gasteiger partial charge is 0.289 e. The van der Waals surface area contributed by atoms with Crippen molar-refractivity contribution in [2.45, 2.75) is 11.3 Å². The van der Waals surface area contributed by atoms with Gasteiger partial charge in [-0.2, -0.15) is 4.58 Å². The lowest BCUT2D eigenvalue weighted by molar-refractivity contribution is -0.421. The Morgan fingerprint density at radius 1 is 1.17 bits per heavy atom. The van der Waals surface area contributed by atoms with E-state index < -0.39 is 10.0 Å². The molecule has 1 N–H and O–H groups in total. The predicted molar refractivity (Wildman–Crippen MR) is 134 cm³/mol. The van der Waals surface area contributed by atoms with Gasteiger partial charge in [0.2, 0.25) is 18.1 Å². The highest BCUT2D eigenvalue weighted by atomic mass is 35.5. The van der Waals surface area contributed by atoms with E-state index in [1.807, 2.05) is 29.0 Å². The van der Waals surface area contributed by atoms with Crippen LogP contribution < -0.4 is 9.62 Å². The lowest BCUT2D eigenvalue weighted by atomic mass is 10.1. The van der Waals surface area contributed by atoms with Gasteiger partial charge in [-0.05, 0) is 30.3 Å². The van der Waals surface area contributed by atoms with Gasteiger partial charge in [0.05, 0.1) is 11.3 Å². The third-order valence-corrected chi connectivity index (χ3v) is 8.29. The van der Waals surface area contributed by atoms with Gasteiger partial charge in [0, 0.05) is 47.0 Å². The van der Waals surface area contributed by atoms with Crippen molar-refractivity contribution < 1.29 is 22.6 Å². The summed E-state index contributed by atoms with van der Waals surface area (Å²) in [6.07, 6.45) is 4.20. The summed E-state index contributed by atoms with van der Waals surface area (Å²) in [6.45, 7) is 0.798. The molecule has 3 heterocycles. The first-order valence-corrected chi connectivity index (χ1v) is 13.5. The normalized spacial score (nSPS) is 15.7. The van der Waals surface area contributed by atoms with Gasteiger partial charge in [0.1, 0.15) is 6.54 Å². The monoisotopic (exact) mass is 530 g/mol. The maximum atomic E-state index is 12.9. The molecular weight excluding hydrogens is 510 g/mol. The van der Waals surface area contributed by atoms with Gasteiger partial charge in [0.25, 0.3) is 15.9 Å². The van der Waals surface area contributed by atoms with Gasteiger partial charge < -0.3 is 9.80 Å². The van der Waals surface area contributed by atoms with Crippen molar-refractivity contribution in [2.24, 2.45) is 0 Å². The molecule has 0 spiro atoms. The quantitative estimate of drug-likeness (QED) is 0.494. The molecule has 2 amide bonds. The van der Waals surface area contributed by atoms with Crippen LogP contribution in [0.2, 0.25) is 5.02 Å². The average molecular weight is 531 g/mol. The minimum atomic E-state index is -3.77. The number of nitrogens with one attached hydrogen (secondary N) is 1. The molecule has 12 heteroatoms. The molecule has 2 aromatic carbocycles. The zero-order valence-electron chi connectivity index (χ0n) is 18.4. The highest BCUT2D eigenvalue weighted by molar-refractivity contribution is 7.93. The first-order chi connectivity index (χ1) is 16.8. The van der Waals surface area contributed by atoms with Crippen LogP contribution in [0.3, 0.4) is 0 Å². The van der Waals surface area contributed by atoms with E-state index >= 15 is 0 Å². The number of hydrogen-bond donors (Lipinski definition) is 1. The van der Waals surface area contributed by atoms with Crippen molar-refractivity contribution in [3.05, 3.63) is 64.6 Å². The van der Waals surface area contributed by atoms with E-state index in [-0.39, 0.29) is 34.9 Å². The maximum absolute atomic E-state index is 12.9. The van der Waals surface area contributed by atoms with Crippen LogP contribution in [0.25, 0.3) is 0 Å². The average Bonchev–Trinajstić information content (AvgIpc) is 3.48. The summed E-state index contributed by atoms with van der Waals surface area (Å²) in [5.74, 6) is -0.369. The van der Waals surface area contributed by atoms with Crippen LogP contribution in [0.1, 0.15) is 5.56 Å². The number of carbonyl (C=O) groups is 2. The molecule has 9 nitrogen and oxygen atoms in total. The third-order valence-electron chi connectivity index (χ3n) is 5.88. The molecule has 35 heavy (non-hydrogen) atoms. The van der Waals surface area contributed by atoms with Crippen molar-refractivity contribution in [1.29, 1.82) is 0 Å². The number of sulfonamides is 1. The summed E-state index contributed by atoms with van der Waals surface area (Å²) >= 11 is 7.29. The first-order valence-electron chi connectivity index (χ1n) is 10.8. The van der Waals surface area contributed by atoms with Gasteiger partial charge in [0.15, 0.2) is 11.3 Å². The van der Waals surface area contributed by atoms with Crippen LogP contribution in [0.4, 0.5) is 16.5 Å². The lowest BCUT2D eigenvalue weighted by Crippen LogP contribution is -2.53. The van der Waals surface area contributed by atoms with Gasteiger partial charge >= 0.3 is 0 Å². The van der Waals surface area contributed by atoms with Gasteiger partial charge in [-0.25, -0.2) is 13.4 Å². The molecule has 0 aliphatic carbocycles. The number of hydrogen-bond acceptors (Lipinski definition) is 6. The van der Waals surface area contributed by atoms with Gasteiger partial charge in [-0.3, -0.25) is 14.3 Å². The zero-order valence-corrected chi connectivity index (χ0v) is 20.8. The predicted octanol–water partition coefficient (Wildman–Crippen LogP) is 2.74. The van der Waals surface area contributed by atoms with Crippen LogP contribution in [-0.2, 0) is 26.0 Å². The molecule has 3 aromatic rings. The number of halogens is 1. The van der Waals surface area contributed by atoms with E-state index in [0.29, 0.717) is 23.8 Å². The van der Waals surface area contributed by atoms with Crippen molar-refractivity contribution in [3.8, 4) is 0 Å². The number of benzene rings is 2. The Morgan fingerprint density at radius 2 is 1.97 bits per heavy atom. The van der Waals surface area contributed by atoms with Crippen molar-refractivity contribution in [2.75, 3.05) is 35.8 Å². The number of aromatic nitrogens is 1. The first kappa shape index (κ1) is 23.5. The topological polar surface area (TPSA) is 103 Å². The molecule has 1 aromatic heterocycles. The highest BCUT2D eigenvalue weighted by Gasteiger charge is 2.32. The summed E-state index contributed by atoms with van der Waals surface area (Å²) in [7, 11) is -3.77. The number of rotatable bonds is 6. The Bertz CT molecular complexity index is 1420. The number of amides is 2. The largest absolute Gasteiger partial charge is 0.326 e. The Morgan fingerprint density at radius 3 is 2.69 bits per heavy atom. The van der Waals surface area contributed by atoms with E-state index in [1.165, 1.54) is 29.7 Å². The molecule has 0 atom stereocenters. The van der Waals surface area contributed by atoms with Gasteiger partial charge in [-0.15, -0.1) is 11.3 Å². The Balaban J connectivity index is 1.21. The molecule has 0 radical (unpaired) electrons. The zero-order chi connectivity index (χ0) is 24.6. The van der Waals surface area contributed by atoms with E-state index in [2.05, 4.69) is 9.71 Å². The molecule has 2 aliphatic heterocycles. The highest BCUT2D eigenvalue weighted by Crippen LogP contribution is 2.28. The molecule has 0 bridgehead atoms. The van der Waals surface area contributed by atoms with Crippen LogP contribution in [0.15, 0.2) is 58.9 Å². The molecule has 5 rings (SSSR count). The lowest BCUT2D eigenvalue weighted by Gasteiger charge is -2.34. The molecule has 2 aliphatic rings. The molecule has 0 unspecified atom stereocenters. The molecule has 1 saturated heterocycles. The minimum Gasteiger partial charge on any atom is -0.326 e. The van der Waals surface area contributed by atoms with Crippen molar-refractivity contribution >= 4 is 67.5 Å². The van der Waals surface area contributed by atoms with E-state index in [4.69, 9.17) is 11.6 Å². The van der Waals surface area contributed by atoms with Gasteiger partial charge in [-0.1, -0.05) is 17.7 Å². The number of fused-ring (bicyclic) bond motifs is 1. The number of nitrogens with zero attached hydrogens (tertiary/aromatic N) is 4. The maximum Gasteiger partial charge on any atom is 0.289 e. The Kier molecular flexibility index (Phi) is 6.30. The second-order valence-electron chi connectivity index (χ2n) is 8.08. The fraction of sp³-hybridized carbons (Fsp3) is 0.217. The van der Waals surface area contributed by atoms with Crippen molar-refractivity contribution in [1.82, 2.24) is 9.88 Å². The number of carbonyl (C=O) groups excluding carboxylic acids is 2. The van der Waals surface area contributed by atoms with Crippen molar-refractivity contribution in [3.63, 3.8) is 0 Å². The van der Waals surface area contributed by atoms with E-state index in [0.717, 1.165) is 17.7 Å². The van der Waals surface area contributed by atoms with Crippen LogP contribution >= 0.6 is 22.9 Å². The minimum absolute atomic E-state index is 0.0409. The second-order valence-corrected chi connectivity index (χ2v) is 11.1. The SMILES string of the molecule is O=C(C[N+]1=CCc2ccc(Cl)cc21)N1CCN(c2ccc(S(=O)(=O)Nc3nccs3)cc2)C(=O)C1. The van der Waals surface area contributed by atoms with Crippen LogP contribution in [0.5, 0.6) is 0 Å². The molecule has 1 fully saturated rings. The summed E-state index contributed by atoms with van der Waals surface area (Å²) < 4.78 is 29.3. The molecule has 0 saturated carbocycles. The van der Waals surface area contributed by atoms with Crippen LogP contribution in [0, 0.1) is 0 Å². The third kappa shape index (κ3) is 4.93. The van der Waals surface area contributed by atoms with Crippen LogP contribution in [-0.4, -0.2) is 67.1 Å². The molecule has 180 valence electrons. The number of piperazine rings is 1. The summed E-state index contributed by atoms with van der Waals surface area (Å²) in [4.78, 5) is 32.9. The summed E-state index contributed by atoms with van der Waals surface area (Å²) in [5, 5.41) is 2.57. The molecular formula is C23H21ClN5O4S2+. The Labute approximate surface area is 211 Å². The van der Waals surface area contributed by atoms with E-state index in [9.17, 15) is 18.0 Å². The fourth-order valence-corrected chi connectivity index (χ4v) is 6.05. The second kappa shape index (κ2) is 9.40. The number of thiazole rings is 1. The Hall–Kier alpha value is -3.28. The van der Waals surface area contributed by atoms with E-state index in [1.54, 1.807) is 27.3 Å². The summed E-state index contributed by atoms with van der Waals surface area (Å²) in [6, 6.07) is 11.7. The fourth-order valence-electron chi connectivity index (χ4n) is 4.09. The summed E-state index contributed by atoms with van der Waals surface area (Å²) in [5.41, 5.74) is 2.59. The standard InChI is InChI=1S/C23H21ClN5O4S2/c24-17-2-1-16-7-9-27(20(16)13-17)14-21(30)28-10-11-29(22(31)15-28)18-3-5-19(6-4-18)35(32,33)26-23-25-8-12-34-23/h1-6,8-9,12-13H,7,10-11,14-15H2,(H,25,26)/q+1. The number of anilines is 2.